The van der Waals surface area contributed by atoms with E-state index in [0.717, 1.165) is 0 Å². The van der Waals surface area contributed by atoms with Crippen LogP contribution in [0.4, 0.5) is 12.9 Å². The first-order valence-electron chi connectivity index (χ1n) is 5.02. The Kier molecular flexibility index (Phi) is 6.08. The average Bonchev–Trinajstić information content (AvgIpc) is 1.72. The predicted molar refractivity (Wildman–Crippen MR) is 51.4 cm³/mol. The first-order valence-corrected chi connectivity index (χ1v) is 5.02. The van der Waals surface area contributed by atoms with Gasteiger partial charge in [-0.05, 0) is 20.8 Å². The normalized spacial score (nSPS) is 25.4. The number of halogens is 3. The van der Waals surface area contributed by atoms with E-state index in [2.05, 4.69) is 0 Å². The molecule has 16 heavy (non-hydrogen) atoms. The van der Waals surface area contributed by atoms with Crippen LogP contribution in [0.15, 0.2) is 0 Å². The van der Waals surface area contributed by atoms with Crippen molar-refractivity contribution in [3.05, 3.63) is 0 Å². The summed E-state index contributed by atoms with van der Waals surface area (Å²) in [6.07, 6.45) is -0.198. The van der Waals surface area contributed by atoms with Gasteiger partial charge in [-0.3, -0.25) is 4.79 Å². The van der Waals surface area contributed by atoms with Gasteiger partial charge >= 0.3 is 64.3 Å². The van der Waals surface area contributed by atoms with Gasteiger partial charge in [0.2, 0.25) is 0 Å². The largest absolute Gasteiger partial charge is 1.00 e. The Morgan fingerprint density at radius 3 is 2.00 bits per heavy atom. The number of rotatable bonds is 2. The van der Waals surface area contributed by atoms with Crippen LogP contribution in [0, 0.1) is 5.92 Å². The molecule has 0 spiro atoms. The van der Waals surface area contributed by atoms with Crippen molar-refractivity contribution in [2.45, 2.75) is 45.0 Å². The summed E-state index contributed by atoms with van der Waals surface area (Å²) in [5, 5.41) is 0. The number of carbonyl (C=O) groups excluding carboxylic acids is 1. The molecule has 0 bridgehead atoms. The van der Waals surface area contributed by atoms with Gasteiger partial charge < -0.3 is 17.7 Å². The van der Waals surface area contributed by atoms with Gasteiger partial charge in [0.1, 0.15) is 5.60 Å². The van der Waals surface area contributed by atoms with E-state index in [1.807, 2.05) is 0 Å². The Labute approximate surface area is 136 Å². The van der Waals surface area contributed by atoms with E-state index in [9.17, 15) is 17.7 Å². The maximum absolute atomic E-state index is 12.2. The molecule has 1 fully saturated rings. The summed E-state index contributed by atoms with van der Waals surface area (Å²) in [5.74, 6) is -2.32. The van der Waals surface area contributed by atoms with Gasteiger partial charge in [0, 0.05) is 0 Å². The molecule has 0 amide bonds. The molecule has 1 saturated carbocycles. The maximum Gasteiger partial charge on any atom is 1.00 e. The molecule has 0 aromatic rings. The van der Waals surface area contributed by atoms with Crippen molar-refractivity contribution < 1.29 is 73.9 Å². The minimum absolute atomic E-state index is 0. The van der Waals surface area contributed by atoms with Crippen molar-refractivity contribution in [1.82, 2.24) is 0 Å². The molecule has 0 aromatic heterocycles. The topological polar surface area (TPSA) is 26.3 Å². The van der Waals surface area contributed by atoms with Crippen LogP contribution in [0.25, 0.3) is 0 Å². The Morgan fingerprint density at radius 2 is 1.69 bits per heavy atom. The van der Waals surface area contributed by atoms with Gasteiger partial charge in [0.05, 0.1) is 5.92 Å². The maximum atomic E-state index is 12.2. The van der Waals surface area contributed by atoms with E-state index in [-0.39, 0.29) is 64.2 Å². The molecular weight excluding hydrogens is 247 g/mol. The van der Waals surface area contributed by atoms with E-state index < -0.39 is 30.3 Å². The molecule has 1 aliphatic rings. The van der Waals surface area contributed by atoms with Crippen LogP contribution in [-0.4, -0.2) is 18.5 Å². The number of carbonyl (C=O) groups is 1. The van der Waals surface area contributed by atoms with Crippen LogP contribution in [0.1, 0.15) is 33.6 Å². The second-order valence-electron chi connectivity index (χ2n) is 5.09. The van der Waals surface area contributed by atoms with Crippen LogP contribution < -0.4 is 51.4 Å². The van der Waals surface area contributed by atoms with Crippen LogP contribution >= 0.6 is 0 Å². The van der Waals surface area contributed by atoms with Crippen LogP contribution in [0.5, 0.6) is 0 Å². The molecule has 0 aliphatic heterocycles. The van der Waals surface area contributed by atoms with Crippen molar-refractivity contribution >= 4 is 12.9 Å². The number of esters is 1. The fourth-order valence-electron chi connectivity index (χ4n) is 1.55. The summed E-state index contributed by atoms with van der Waals surface area (Å²) in [4.78, 5) is 11.3. The fourth-order valence-corrected chi connectivity index (χ4v) is 1.55. The van der Waals surface area contributed by atoms with E-state index in [4.69, 9.17) is 4.74 Å². The monoisotopic (exact) mass is 262 g/mol. The summed E-state index contributed by atoms with van der Waals surface area (Å²) < 4.78 is 41.6. The SMILES string of the molecule is CC(C)(C)OC(=O)C1CC([B-](F)(F)F)C1.[K+]. The van der Waals surface area contributed by atoms with Crippen LogP contribution in [-0.2, 0) is 9.53 Å². The zero-order chi connectivity index (χ0) is 11.9. The minimum atomic E-state index is -4.78. The third kappa shape index (κ3) is 5.08. The van der Waals surface area contributed by atoms with Crippen molar-refractivity contribution in [1.29, 1.82) is 0 Å². The quantitative estimate of drug-likeness (QED) is 0.515. The molecule has 1 aliphatic carbocycles. The standard InChI is InChI=1S/C9H15BF3O2.K/c1-9(2,3)15-8(14)6-4-7(5-6)10(11,12)13;/h6-7H,4-5H2,1-3H3;/q-1;+1. The summed E-state index contributed by atoms with van der Waals surface area (Å²) >= 11 is 0. The van der Waals surface area contributed by atoms with E-state index in [0.29, 0.717) is 0 Å². The Balaban J connectivity index is 0.00000225. The van der Waals surface area contributed by atoms with Gasteiger partial charge in [-0.2, -0.15) is 0 Å². The van der Waals surface area contributed by atoms with E-state index >= 15 is 0 Å². The summed E-state index contributed by atoms with van der Waals surface area (Å²) in [5.41, 5.74) is -0.619. The second kappa shape index (κ2) is 5.73. The third-order valence-electron chi connectivity index (χ3n) is 2.45. The zero-order valence-electron chi connectivity index (χ0n) is 10.1. The van der Waals surface area contributed by atoms with Crippen LogP contribution in [0.2, 0.25) is 5.82 Å². The third-order valence-corrected chi connectivity index (χ3v) is 2.45. The molecule has 88 valence electrons. The number of hydrogen-bond acceptors (Lipinski definition) is 2. The molecule has 0 aromatic carbocycles. The van der Waals surface area contributed by atoms with Crippen LogP contribution in [0.3, 0.4) is 0 Å². The summed E-state index contributed by atoms with van der Waals surface area (Å²) in [7, 11) is 0. The Bertz CT molecular complexity index is 256. The molecule has 0 saturated heterocycles. The Morgan fingerprint density at radius 1 is 1.25 bits per heavy atom. The number of ether oxygens (including phenoxy) is 1. The van der Waals surface area contributed by atoms with Crippen molar-refractivity contribution in [2.24, 2.45) is 5.92 Å². The van der Waals surface area contributed by atoms with Gasteiger partial charge in [0.25, 0.3) is 0 Å². The molecular formula is C9H15BF3KO2. The molecule has 0 radical (unpaired) electrons. The van der Waals surface area contributed by atoms with Gasteiger partial charge in [-0.1, -0.05) is 18.7 Å². The van der Waals surface area contributed by atoms with E-state index in [1.54, 1.807) is 20.8 Å². The first-order chi connectivity index (χ1) is 6.59. The van der Waals surface area contributed by atoms with Crippen molar-refractivity contribution in [2.75, 3.05) is 0 Å². The van der Waals surface area contributed by atoms with Gasteiger partial charge in [0.15, 0.2) is 0 Å². The molecule has 2 nitrogen and oxygen atoms in total. The average molecular weight is 262 g/mol. The summed E-state index contributed by atoms with van der Waals surface area (Å²) in [6.45, 7) is 0.329. The summed E-state index contributed by atoms with van der Waals surface area (Å²) in [6, 6.07) is 0. The van der Waals surface area contributed by atoms with Gasteiger partial charge in [-0.25, -0.2) is 0 Å². The van der Waals surface area contributed by atoms with Crippen molar-refractivity contribution in [3.63, 3.8) is 0 Å². The molecule has 0 unspecified atom stereocenters. The van der Waals surface area contributed by atoms with Crippen molar-refractivity contribution in [3.8, 4) is 0 Å². The van der Waals surface area contributed by atoms with Gasteiger partial charge in [-0.15, -0.1) is 0 Å². The zero-order valence-corrected chi connectivity index (χ0v) is 13.2. The Hall–Kier alpha value is 0.961. The fraction of sp³-hybridized carbons (Fsp3) is 0.889. The molecule has 0 atom stereocenters. The first kappa shape index (κ1) is 17.0. The number of hydrogen-bond donors (Lipinski definition) is 0. The molecule has 0 heterocycles. The predicted octanol–water partition coefficient (Wildman–Crippen LogP) is -0.0403. The molecule has 0 N–H and O–H groups in total. The second-order valence-corrected chi connectivity index (χ2v) is 5.09. The smallest absolute Gasteiger partial charge is 0.460 e. The van der Waals surface area contributed by atoms with E-state index in [1.165, 1.54) is 0 Å². The minimum Gasteiger partial charge on any atom is -0.460 e. The molecule has 7 heteroatoms. The molecule has 1 rings (SSSR count).